The average molecular weight is 250 g/mol. The number of hydrogen-bond donors (Lipinski definition) is 0. The van der Waals surface area contributed by atoms with E-state index >= 15 is 0 Å². The van der Waals surface area contributed by atoms with Gasteiger partial charge < -0.3 is 4.74 Å². The van der Waals surface area contributed by atoms with Gasteiger partial charge in [0.05, 0.1) is 11.2 Å². The molecule has 4 nitrogen and oxygen atoms in total. The molecule has 0 aromatic rings. The zero-order valence-electron chi connectivity index (χ0n) is 11.0. The summed E-state index contributed by atoms with van der Waals surface area (Å²) in [5.41, 5.74) is -0.861. The third kappa shape index (κ3) is 4.51. The van der Waals surface area contributed by atoms with Crippen molar-refractivity contribution in [3.63, 3.8) is 0 Å². The summed E-state index contributed by atoms with van der Waals surface area (Å²) < 4.78 is 26.7. The van der Waals surface area contributed by atoms with Crippen LogP contribution in [0, 0.1) is 10.8 Å². The molecule has 0 aromatic carbocycles. The van der Waals surface area contributed by atoms with Crippen molar-refractivity contribution in [2.24, 2.45) is 10.8 Å². The highest BCUT2D eigenvalue weighted by atomic mass is 32.2. The highest BCUT2D eigenvalue weighted by molar-refractivity contribution is 7.90. The van der Waals surface area contributed by atoms with Crippen molar-refractivity contribution < 1.29 is 17.9 Å². The first-order valence-corrected chi connectivity index (χ1v) is 7.29. The topological polar surface area (TPSA) is 60.4 Å². The minimum atomic E-state index is -3.08. The Bertz CT molecular complexity index is 347. The van der Waals surface area contributed by atoms with Gasteiger partial charge in [-0.25, -0.2) is 8.42 Å². The summed E-state index contributed by atoms with van der Waals surface area (Å²) in [5.74, 6) is -0.484. The smallest absolute Gasteiger partial charge is 0.312 e. The predicted octanol–water partition coefficient (Wildman–Crippen LogP) is 1.65. The number of ether oxygens (including phenoxy) is 1. The molecule has 0 fully saturated rings. The van der Waals surface area contributed by atoms with Crippen LogP contribution in [0.4, 0.5) is 0 Å². The average Bonchev–Trinajstić information content (AvgIpc) is 1.99. The normalized spacial score (nSPS) is 13.6. The van der Waals surface area contributed by atoms with Gasteiger partial charge in [0.1, 0.15) is 6.61 Å². The minimum absolute atomic E-state index is 0.0722. The van der Waals surface area contributed by atoms with E-state index in [1.165, 1.54) is 0 Å². The van der Waals surface area contributed by atoms with E-state index in [0.717, 1.165) is 6.26 Å². The second-order valence-corrected chi connectivity index (χ2v) is 7.90. The molecule has 0 atom stereocenters. The Morgan fingerprint density at radius 3 is 1.88 bits per heavy atom. The molecule has 0 bridgehead atoms. The van der Waals surface area contributed by atoms with Crippen LogP contribution in [-0.4, -0.2) is 33.0 Å². The maximum atomic E-state index is 11.8. The van der Waals surface area contributed by atoms with Crippen LogP contribution < -0.4 is 0 Å². The zero-order valence-corrected chi connectivity index (χ0v) is 11.8. The van der Waals surface area contributed by atoms with E-state index in [2.05, 4.69) is 0 Å². The number of rotatable bonds is 4. The minimum Gasteiger partial charge on any atom is -0.464 e. The van der Waals surface area contributed by atoms with Gasteiger partial charge in [0.15, 0.2) is 9.84 Å². The van der Waals surface area contributed by atoms with Gasteiger partial charge in [-0.05, 0) is 19.3 Å². The molecule has 16 heavy (non-hydrogen) atoms. The molecule has 0 saturated carbocycles. The fourth-order valence-electron chi connectivity index (χ4n) is 0.772. The van der Waals surface area contributed by atoms with Crippen LogP contribution in [0.5, 0.6) is 0 Å². The molecule has 0 heterocycles. The molecule has 0 saturated heterocycles. The summed E-state index contributed by atoms with van der Waals surface area (Å²) in [6.45, 7) is 9.38. The molecule has 0 N–H and O–H groups in total. The molecule has 0 radical (unpaired) electrons. The molecule has 0 spiro atoms. The van der Waals surface area contributed by atoms with Crippen LogP contribution in [0.2, 0.25) is 0 Å². The van der Waals surface area contributed by atoms with Crippen molar-refractivity contribution in [2.75, 3.05) is 18.6 Å². The second-order valence-electron chi connectivity index (χ2n) is 5.64. The Hall–Kier alpha value is -0.580. The van der Waals surface area contributed by atoms with Crippen LogP contribution >= 0.6 is 0 Å². The van der Waals surface area contributed by atoms with E-state index in [9.17, 15) is 13.2 Å². The Kier molecular flexibility index (Phi) is 4.56. The largest absolute Gasteiger partial charge is 0.464 e. The Morgan fingerprint density at radius 1 is 1.12 bits per heavy atom. The Labute approximate surface area is 98.3 Å². The summed E-state index contributed by atoms with van der Waals surface area (Å²) in [4.78, 5) is 11.8. The first kappa shape index (κ1) is 15.4. The summed E-state index contributed by atoms with van der Waals surface area (Å²) in [7, 11) is -3.08. The Balaban J connectivity index is 4.39. The molecule has 5 heteroatoms. The van der Waals surface area contributed by atoms with E-state index < -0.39 is 15.3 Å². The molecular formula is C11H22O4S. The monoisotopic (exact) mass is 250 g/mol. The molecule has 0 aliphatic carbocycles. The van der Waals surface area contributed by atoms with Gasteiger partial charge in [-0.3, -0.25) is 4.79 Å². The van der Waals surface area contributed by atoms with E-state index in [-0.39, 0.29) is 23.7 Å². The van der Waals surface area contributed by atoms with Crippen LogP contribution in [-0.2, 0) is 19.4 Å². The van der Waals surface area contributed by atoms with Gasteiger partial charge in [-0.1, -0.05) is 20.8 Å². The maximum Gasteiger partial charge on any atom is 0.312 e. The number of hydrogen-bond acceptors (Lipinski definition) is 4. The molecule has 0 amide bonds. The van der Waals surface area contributed by atoms with Crippen LogP contribution in [0.1, 0.15) is 34.6 Å². The number of carbonyl (C=O) groups is 1. The molecule has 0 unspecified atom stereocenters. The quantitative estimate of drug-likeness (QED) is 0.712. The molecular weight excluding hydrogens is 228 g/mol. The van der Waals surface area contributed by atoms with Gasteiger partial charge in [0.25, 0.3) is 0 Å². The van der Waals surface area contributed by atoms with Gasteiger partial charge in [-0.15, -0.1) is 0 Å². The van der Waals surface area contributed by atoms with Crippen molar-refractivity contribution >= 4 is 15.8 Å². The lowest BCUT2D eigenvalue weighted by atomic mass is 9.69. The van der Waals surface area contributed by atoms with E-state index in [1.54, 1.807) is 13.8 Å². The molecule has 0 aromatic heterocycles. The highest BCUT2D eigenvalue weighted by Gasteiger charge is 2.41. The fraction of sp³-hybridized carbons (Fsp3) is 0.909. The molecule has 0 aliphatic rings. The van der Waals surface area contributed by atoms with Crippen LogP contribution in [0.25, 0.3) is 0 Å². The zero-order chi connectivity index (χ0) is 13.2. The first-order valence-electron chi connectivity index (χ1n) is 5.23. The lowest BCUT2D eigenvalue weighted by molar-refractivity contribution is -0.159. The van der Waals surface area contributed by atoms with Gasteiger partial charge in [0, 0.05) is 6.26 Å². The van der Waals surface area contributed by atoms with Gasteiger partial charge in [0.2, 0.25) is 0 Å². The summed E-state index contributed by atoms with van der Waals surface area (Å²) in [6, 6.07) is 0. The highest BCUT2D eigenvalue weighted by Crippen LogP contribution is 2.38. The third-order valence-corrected chi connectivity index (χ3v) is 3.98. The van der Waals surface area contributed by atoms with Crippen molar-refractivity contribution in [2.45, 2.75) is 34.6 Å². The summed E-state index contributed by atoms with van der Waals surface area (Å²) in [5, 5.41) is 0. The molecule has 0 aliphatic heterocycles. The molecule has 96 valence electrons. The lowest BCUT2D eigenvalue weighted by Gasteiger charge is -2.36. The van der Waals surface area contributed by atoms with Crippen LogP contribution in [0.3, 0.4) is 0 Å². The Morgan fingerprint density at radius 2 is 1.56 bits per heavy atom. The molecule has 0 rings (SSSR count). The van der Waals surface area contributed by atoms with Crippen molar-refractivity contribution in [1.29, 1.82) is 0 Å². The van der Waals surface area contributed by atoms with E-state index in [0.29, 0.717) is 0 Å². The fourth-order valence-corrected chi connectivity index (χ4v) is 1.16. The van der Waals surface area contributed by atoms with E-state index in [1.807, 2.05) is 20.8 Å². The van der Waals surface area contributed by atoms with Crippen molar-refractivity contribution in [3.8, 4) is 0 Å². The standard InChI is InChI=1S/C11H22O4S/c1-10(2,3)11(4,5)9(12)15-7-8-16(6,13)14/h7-8H2,1-6H3. The predicted molar refractivity (Wildman–Crippen MR) is 63.9 cm³/mol. The summed E-state index contributed by atoms with van der Waals surface area (Å²) >= 11 is 0. The SMILES string of the molecule is CC(C)(C)C(C)(C)C(=O)OCCS(C)(=O)=O. The third-order valence-electron chi connectivity index (χ3n) is 3.07. The number of carbonyl (C=O) groups excluding carboxylic acids is 1. The second kappa shape index (κ2) is 4.73. The number of sulfone groups is 1. The van der Waals surface area contributed by atoms with Crippen molar-refractivity contribution in [1.82, 2.24) is 0 Å². The maximum absolute atomic E-state index is 11.8. The summed E-state index contributed by atoms with van der Waals surface area (Å²) in [6.07, 6.45) is 1.12. The van der Waals surface area contributed by atoms with E-state index in [4.69, 9.17) is 4.74 Å². The first-order chi connectivity index (χ1) is 6.88. The van der Waals surface area contributed by atoms with Gasteiger partial charge >= 0.3 is 5.97 Å². The van der Waals surface area contributed by atoms with Gasteiger partial charge in [-0.2, -0.15) is 0 Å². The number of esters is 1. The van der Waals surface area contributed by atoms with Crippen LogP contribution in [0.15, 0.2) is 0 Å². The van der Waals surface area contributed by atoms with Crippen molar-refractivity contribution in [3.05, 3.63) is 0 Å². The lowest BCUT2D eigenvalue weighted by Crippen LogP contribution is -2.39.